The molecule has 0 fully saturated rings. The minimum atomic E-state index is -0.136. The Hall–Kier alpha value is -0.890. The van der Waals surface area contributed by atoms with Crippen LogP contribution in [0.3, 0.4) is 0 Å². The van der Waals surface area contributed by atoms with Crippen molar-refractivity contribution in [3.05, 3.63) is 24.3 Å². The lowest BCUT2D eigenvalue weighted by atomic mass is 10.3. The molecule has 1 radical (unpaired) electrons. The maximum Gasteiger partial charge on any atom is 0.220 e. The van der Waals surface area contributed by atoms with E-state index in [2.05, 4.69) is 0 Å². The number of para-hydroxylation sites is 2. The fourth-order valence-electron chi connectivity index (χ4n) is 0.628. The fraction of sp³-hybridized carbons (Fsp3) is 0.143. The van der Waals surface area contributed by atoms with E-state index < -0.39 is 0 Å². The van der Waals surface area contributed by atoms with Gasteiger partial charge in [0, 0.05) is 0 Å². The van der Waals surface area contributed by atoms with Crippen molar-refractivity contribution >= 4 is 11.6 Å². The number of halogens is 1. The molecule has 53 valence electrons. The van der Waals surface area contributed by atoms with Crippen LogP contribution in [0.2, 0.25) is 0 Å². The van der Waals surface area contributed by atoms with Gasteiger partial charge in [-0.2, -0.15) is 0 Å². The van der Waals surface area contributed by atoms with Crippen molar-refractivity contribution in [2.45, 2.75) is 0 Å². The monoisotopic (exact) mass is 157 g/mol. The van der Waals surface area contributed by atoms with E-state index in [0.29, 0.717) is 5.75 Å². The minimum absolute atomic E-state index is 0.0131. The molecule has 0 aromatic heterocycles. The summed E-state index contributed by atoms with van der Waals surface area (Å²) in [5.41, 5.74) is 0. The molecule has 0 unspecified atom stereocenters. The summed E-state index contributed by atoms with van der Waals surface area (Å²) in [5, 5.41) is 10.8. The van der Waals surface area contributed by atoms with Gasteiger partial charge in [-0.15, -0.1) is 0 Å². The van der Waals surface area contributed by atoms with Gasteiger partial charge in [-0.25, -0.2) is 0 Å². The summed E-state index contributed by atoms with van der Waals surface area (Å²) in [6, 6.07) is 6.42. The van der Waals surface area contributed by atoms with E-state index in [1.165, 1.54) is 6.07 Å². The van der Waals surface area contributed by atoms with Crippen LogP contribution in [0.5, 0.6) is 11.5 Å². The Bertz CT molecular complexity index is 213. The van der Waals surface area contributed by atoms with Crippen molar-refractivity contribution < 1.29 is 9.84 Å². The first-order valence-electron chi connectivity index (χ1n) is 2.79. The van der Waals surface area contributed by atoms with Gasteiger partial charge in [0.1, 0.15) is 0 Å². The molecule has 10 heavy (non-hydrogen) atoms. The molecular weight excluding hydrogens is 152 g/mol. The first-order valence-corrected chi connectivity index (χ1v) is 3.33. The molecule has 0 saturated heterocycles. The molecule has 0 amide bonds. The largest absolute Gasteiger partial charge is 0.474 e. The molecule has 0 heterocycles. The maximum atomic E-state index is 10.8. The molecule has 0 atom stereocenters. The number of ether oxygens (including phenoxy) is 1. The first-order chi connectivity index (χ1) is 4.84. The Morgan fingerprint density at radius 2 is 2.10 bits per heavy atom. The van der Waals surface area contributed by atoms with E-state index in [0.717, 1.165) is 0 Å². The lowest BCUT2D eigenvalue weighted by Gasteiger charge is -1.99. The highest BCUT2D eigenvalue weighted by Gasteiger charge is 1.99. The van der Waals surface area contributed by atoms with Crippen LogP contribution in [0.4, 0.5) is 0 Å². The van der Waals surface area contributed by atoms with Gasteiger partial charge in [-0.1, -0.05) is 23.7 Å². The van der Waals surface area contributed by atoms with E-state index in [-0.39, 0.29) is 11.8 Å². The summed E-state index contributed by atoms with van der Waals surface area (Å²) in [5.74, 6) is 0.167. The van der Waals surface area contributed by atoms with Crippen molar-refractivity contribution in [3.8, 4) is 11.5 Å². The van der Waals surface area contributed by atoms with Crippen LogP contribution in [-0.4, -0.2) is 6.07 Å². The number of hydrogen-bond donors (Lipinski definition) is 0. The lowest BCUT2D eigenvalue weighted by molar-refractivity contribution is 0.307. The van der Waals surface area contributed by atoms with Crippen molar-refractivity contribution in [2.24, 2.45) is 0 Å². The Labute approximate surface area is 64.0 Å². The highest BCUT2D eigenvalue weighted by molar-refractivity contribution is 6.17. The first kappa shape index (κ1) is 7.22. The second-order valence-electron chi connectivity index (χ2n) is 1.70. The number of hydrogen-bond acceptors (Lipinski definition) is 1. The quantitative estimate of drug-likeness (QED) is 0.606. The van der Waals surface area contributed by atoms with Gasteiger partial charge in [0.25, 0.3) is 0 Å². The molecule has 0 N–H and O–H groups in total. The van der Waals surface area contributed by atoms with Crippen molar-refractivity contribution in [1.29, 1.82) is 0 Å². The summed E-state index contributed by atoms with van der Waals surface area (Å²) in [4.78, 5) is 0. The molecule has 0 aliphatic heterocycles. The number of rotatable bonds is 2. The highest BCUT2D eigenvalue weighted by atomic mass is 35.5. The second kappa shape index (κ2) is 3.32. The minimum Gasteiger partial charge on any atom is -0.474 e. The van der Waals surface area contributed by atoms with Crippen LogP contribution in [-0.2, 0) is 5.11 Å². The standard InChI is InChI=1S/C7H6ClO2/c8-5-10-7-4-2-1-3-6(7)9/h1-4H,5H2. The summed E-state index contributed by atoms with van der Waals surface area (Å²) in [6.07, 6.45) is 0. The zero-order valence-corrected chi connectivity index (χ0v) is 5.97. The fourth-order valence-corrected chi connectivity index (χ4v) is 0.746. The molecule has 0 aliphatic carbocycles. The van der Waals surface area contributed by atoms with Crippen LogP contribution >= 0.6 is 11.6 Å². The maximum absolute atomic E-state index is 10.8. The van der Waals surface area contributed by atoms with Gasteiger partial charge in [0.15, 0.2) is 11.8 Å². The molecule has 1 aromatic carbocycles. The third-order valence-corrected chi connectivity index (χ3v) is 1.17. The summed E-state index contributed by atoms with van der Waals surface area (Å²) in [6.45, 7) is 0. The van der Waals surface area contributed by atoms with Gasteiger partial charge < -0.3 is 4.74 Å². The highest BCUT2D eigenvalue weighted by Crippen LogP contribution is 2.24. The molecule has 1 aromatic rings. The molecule has 1 rings (SSSR count). The van der Waals surface area contributed by atoms with Gasteiger partial charge in [0.05, 0.1) is 0 Å². The van der Waals surface area contributed by atoms with Crippen LogP contribution in [0.25, 0.3) is 0 Å². The van der Waals surface area contributed by atoms with E-state index >= 15 is 0 Å². The van der Waals surface area contributed by atoms with Crippen molar-refractivity contribution in [1.82, 2.24) is 0 Å². The van der Waals surface area contributed by atoms with Crippen molar-refractivity contribution in [3.63, 3.8) is 0 Å². The number of alkyl halides is 1. The molecule has 0 spiro atoms. The van der Waals surface area contributed by atoms with Gasteiger partial charge in [0.2, 0.25) is 5.75 Å². The molecule has 3 heteroatoms. The zero-order valence-electron chi connectivity index (χ0n) is 5.21. The van der Waals surface area contributed by atoms with Crippen LogP contribution in [0.1, 0.15) is 0 Å². The molecule has 2 nitrogen and oxygen atoms in total. The predicted molar refractivity (Wildman–Crippen MR) is 37.9 cm³/mol. The zero-order chi connectivity index (χ0) is 7.40. The Balaban J connectivity index is 2.81. The smallest absolute Gasteiger partial charge is 0.220 e. The summed E-state index contributed by atoms with van der Waals surface area (Å²) < 4.78 is 4.79. The third-order valence-electron chi connectivity index (χ3n) is 1.06. The van der Waals surface area contributed by atoms with E-state index in [4.69, 9.17) is 16.3 Å². The van der Waals surface area contributed by atoms with Crippen LogP contribution < -0.4 is 4.74 Å². The molecule has 0 bridgehead atoms. The molecular formula is C7H6ClO2. The second-order valence-corrected chi connectivity index (χ2v) is 1.92. The van der Waals surface area contributed by atoms with E-state index in [1.54, 1.807) is 18.2 Å². The normalized spacial score (nSPS) is 9.30. The number of benzene rings is 1. The summed E-state index contributed by atoms with van der Waals surface area (Å²) in [7, 11) is 0. The van der Waals surface area contributed by atoms with E-state index in [9.17, 15) is 5.11 Å². The Kier molecular flexibility index (Phi) is 2.40. The van der Waals surface area contributed by atoms with Crippen LogP contribution in [0.15, 0.2) is 24.3 Å². The SMILES string of the molecule is [O]c1ccccc1OCCl. The van der Waals surface area contributed by atoms with Crippen LogP contribution in [0, 0.1) is 0 Å². The predicted octanol–water partition coefficient (Wildman–Crippen LogP) is 2.41. The third kappa shape index (κ3) is 1.54. The molecule has 0 aliphatic rings. The van der Waals surface area contributed by atoms with E-state index in [1.807, 2.05) is 0 Å². The average Bonchev–Trinajstić information content (AvgIpc) is 1.94. The van der Waals surface area contributed by atoms with Crippen molar-refractivity contribution in [2.75, 3.05) is 6.07 Å². The topological polar surface area (TPSA) is 29.1 Å². The average molecular weight is 158 g/mol. The molecule has 0 saturated carbocycles. The van der Waals surface area contributed by atoms with Gasteiger partial charge >= 0.3 is 0 Å². The Morgan fingerprint density at radius 3 is 2.70 bits per heavy atom. The van der Waals surface area contributed by atoms with Gasteiger partial charge in [-0.3, -0.25) is 5.11 Å². The summed E-state index contributed by atoms with van der Waals surface area (Å²) >= 11 is 5.25. The van der Waals surface area contributed by atoms with Gasteiger partial charge in [-0.05, 0) is 12.1 Å². The Morgan fingerprint density at radius 1 is 1.40 bits per heavy atom. The lowest BCUT2D eigenvalue weighted by Crippen LogP contribution is -1.87.